The first-order valence-electron chi connectivity index (χ1n) is 7.45. The lowest BCUT2D eigenvalue weighted by atomic mass is 10.1. The van der Waals surface area contributed by atoms with Crippen LogP contribution in [-0.2, 0) is 0 Å². The minimum Gasteiger partial charge on any atom is -0.490 e. The first kappa shape index (κ1) is 16.4. The zero-order valence-corrected chi connectivity index (χ0v) is 12.8. The van der Waals surface area contributed by atoms with Crippen LogP contribution in [0, 0.1) is 0 Å². The molecule has 0 saturated heterocycles. The Bertz CT molecular complexity index is 435. The van der Waals surface area contributed by atoms with Gasteiger partial charge in [-0.2, -0.15) is 0 Å². The van der Waals surface area contributed by atoms with Crippen molar-refractivity contribution >= 4 is 12.2 Å². The highest BCUT2D eigenvalue weighted by Crippen LogP contribution is 2.35. The molecule has 0 fully saturated rings. The van der Waals surface area contributed by atoms with Crippen LogP contribution in [0.1, 0.15) is 50.7 Å². The number of rotatable bonds is 10. The molecule has 20 heavy (non-hydrogen) atoms. The van der Waals surface area contributed by atoms with E-state index in [9.17, 15) is 0 Å². The van der Waals surface area contributed by atoms with E-state index in [4.69, 9.17) is 9.47 Å². The molecule has 0 aliphatic heterocycles. The molecule has 110 valence electrons. The van der Waals surface area contributed by atoms with Gasteiger partial charge in [0, 0.05) is 5.56 Å². The Labute approximate surface area is 123 Å². The van der Waals surface area contributed by atoms with E-state index in [1.54, 1.807) is 0 Å². The summed E-state index contributed by atoms with van der Waals surface area (Å²) in [7, 11) is 0. The number of unbranched alkanes of at least 4 members (excludes halogenated alkanes) is 2. The largest absolute Gasteiger partial charge is 0.490 e. The number of hydrogen-bond donors (Lipinski definition) is 0. The van der Waals surface area contributed by atoms with Gasteiger partial charge in [-0.3, -0.25) is 0 Å². The normalized spacial score (nSPS) is 10.1. The van der Waals surface area contributed by atoms with E-state index < -0.39 is 0 Å². The van der Waals surface area contributed by atoms with Crippen molar-refractivity contribution in [2.45, 2.75) is 39.5 Å². The Morgan fingerprint density at radius 3 is 2.15 bits per heavy atom. The first-order valence-corrected chi connectivity index (χ1v) is 7.45. The van der Waals surface area contributed by atoms with Crippen molar-refractivity contribution in [1.29, 1.82) is 0 Å². The fourth-order valence-electron chi connectivity index (χ4n) is 1.89. The second-order valence-corrected chi connectivity index (χ2v) is 4.71. The van der Waals surface area contributed by atoms with Crippen molar-refractivity contribution in [3.8, 4) is 11.5 Å². The van der Waals surface area contributed by atoms with Gasteiger partial charge in [-0.25, -0.2) is 0 Å². The molecule has 0 spiro atoms. The second-order valence-electron chi connectivity index (χ2n) is 4.71. The maximum atomic E-state index is 5.93. The van der Waals surface area contributed by atoms with Crippen LogP contribution in [0.25, 0.3) is 12.2 Å². The molecule has 0 aromatic heterocycles. The first-order chi connectivity index (χ1) is 9.78. The maximum Gasteiger partial charge on any atom is 0.168 e. The molecule has 1 aromatic carbocycles. The van der Waals surface area contributed by atoms with E-state index in [0.717, 1.165) is 48.3 Å². The molecule has 2 heteroatoms. The van der Waals surface area contributed by atoms with E-state index in [0.29, 0.717) is 13.2 Å². The van der Waals surface area contributed by atoms with E-state index >= 15 is 0 Å². The van der Waals surface area contributed by atoms with Crippen LogP contribution >= 0.6 is 0 Å². The highest BCUT2D eigenvalue weighted by atomic mass is 16.5. The molecule has 0 unspecified atom stereocenters. The lowest BCUT2D eigenvalue weighted by Crippen LogP contribution is -2.04. The summed E-state index contributed by atoms with van der Waals surface area (Å²) in [5.74, 6) is 1.59. The standard InChI is InChI=1S/C18H26O2/c1-5-9-13-19-17-12-11-15(7-3)16(8-4)18(17)20-14-10-6-2/h7-8,11-12H,3-6,9-10,13-14H2,1-2H3. The Morgan fingerprint density at radius 2 is 1.60 bits per heavy atom. The fourth-order valence-corrected chi connectivity index (χ4v) is 1.89. The molecule has 0 aliphatic carbocycles. The SMILES string of the molecule is C=Cc1ccc(OCCCC)c(OCCCC)c1C=C. The van der Waals surface area contributed by atoms with Crippen LogP contribution in [0.4, 0.5) is 0 Å². The highest BCUT2D eigenvalue weighted by Gasteiger charge is 2.12. The fraction of sp³-hybridized carbons (Fsp3) is 0.444. The lowest BCUT2D eigenvalue weighted by Gasteiger charge is -2.16. The van der Waals surface area contributed by atoms with Gasteiger partial charge in [-0.05, 0) is 24.5 Å². The Kier molecular flexibility index (Phi) is 7.56. The summed E-state index contributed by atoms with van der Waals surface area (Å²) in [4.78, 5) is 0. The summed E-state index contributed by atoms with van der Waals surface area (Å²) in [6, 6.07) is 3.96. The zero-order valence-electron chi connectivity index (χ0n) is 12.8. The number of benzene rings is 1. The Hall–Kier alpha value is -1.70. The van der Waals surface area contributed by atoms with Crippen molar-refractivity contribution in [2.24, 2.45) is 0 Å². The molecule has 0 atom stereocenters. The molecular formula is C18H26O2. The van der Waals surface area contributed by atoms with Crippen LogP contribution < -0.4 is 9.47 Å². The topological polar surface area (TPSA) is 18.5 Å². The van der Waals surface area contributed by atoms with Crippen molar-refractivity contribution in [2.75, 3.05) is 13.2 Å². The van der Waals surface area contributed by atoms with Gasteiger partial charge in [0.2, 0.25) is 0 Å². The van der Waals surface area contributed by atoms with Gasteiger partial charge in [0.25, 0.3) is 0 Å². The molecule has 0 heterocycles. The van der Waals surface area contributed by atoms with Crippen LogP contribution in [0.5, 0.6) is 11.5 Å². The average molecular weight is 274 g/mol. The van der Waals surface area contributed by atoms with Gasteiger partial charge in [-0.1, -0.05) is 58.1 Å². The van der Waals surface area contributed by atoms with Crippen molar-refractivity contribution in [1.82, 2.24) is 0 Å². The monoisotopic (exact) mass is 274 g/mol. The minimum absolute atomic E-state index is 0.697. The summed E-state index contributed by atoms with van der Waals surface area (Å²) in [5, 5.41) is 0. The minimum atomic E-state index is 0.697. The van der Waals surface area contributed by atoms with Crippen LogP contribution in [-0.4, -0.2) is 13.2 Å². The highest BCUT2D eigenvalue weighted by molar-refractivity contribution is 5.72. The van der Waals surface area contributed by atoms with E-state index in [2.05, 4.69) is 27.0 Å². The quantitative estimate of drug-likeness (QED) is 0.537. The Balaban J connectivity index is 3.00. The summed E-state index contributed by atoms with van der Waals surface area (Å²) in [5.41, 5.74) is 1.99. The van der Waals surface area contributed by atoms with E-state index in [1.807, 2.05) is 24.3 Å². The number of hydrogen-bond acceptors (Lipinski definition) is 2. The average Bonchev–Trinajstić information content (AvgIpc) is 2.48. The molecule has 0 radical (unpaired) electrons. The summed E-state index contributed by atoms with van der Waals surface area (Å²) in [6.07, 6.45) is 7.93. The molecule has 0 bridgehead atoms. The summed E-state index contributed by atoms with van der Waals surface area (Å²) >= 11 is 0. The molecule has 2 nitrogen and oxygen atoms in total. The van der Waals surface area contributed by atoms with Crippen molar-refractivity contribution in [3.63, 3.8) is 0 Å². The van der Waals surface area contributed by atoms with Gasteiger partial charge < -0.3 is 9.47 Å². The maximum absolute atomic E-state index is 5.93. The molecule has 0 aliphatic rings. The van der Waals surface area contributed by atoms with Crippen LogP contribution in [0.3, 0.4) is 0 Å². The van der Waals surface area contributed by atoms with Crippen molar-refractivity contribution in [3.05, 3.63) is 36.4 Å². The lowest BCUT2D eigenvalue weighted by molar-refractivity contribution is 0.261. The number of ether oxygens (including phenoxy) is 2. The second kappa shape index (κ2) is 9.24. The van der Waals surface area contributed by atoms with E-state index in [1.165, 1.54) is 0 Å². The summed E-state index contributed by atoms with van der Waals surface area (Å²) in [6.45, 7) is 13.4. The van der Waals surface area contributed by atoms with Gasteiger partial charge in [0.1, 0.15) is 0 Å². The van der Waals surface area contributed by atoms with Crippen molar-refractivity contribution < 1.29 is 9.47 Å². The third kappa shape index (κ3) is 4.44. The molecule has 0 amide bonds. The van der Waals surface area contributed by atoms with E-state index in [-0.39, 0.29) is 0 Å². The smallest absolute Gasteiger partial charge is 0.168 e. The predicted octanol–water partition coefficient (Wildman–Crippen LogP) is 5.33. The molecule has 0 saturated carbocycles. The predicted molar refractivity (Wildman–Crippen MR) is 87.4 cm³/mol. The molecule has 1 rings (SSSR count). The zero-order chi connectivity index (χ0) is 14.8. The molecule has 1 aromatic rings. The van der Waals surface area contributed by atoms with Crippen LogP contribution in [0.15, 0.2) is 25.3 Å². The van der Waals surface area contributed by atoms with Gasteiger partial charge in [0.15, 0.2) is 11.5 Å². The Morgan fingerprint density at radius 1 is 0.950 bits per heavy atom. The van der Waals surface area contributed by atoms with Gasteiger partial charge in [-0.15, -0.1) is 0 Å². The third-order valence-corrected chi connectivity index (χ3v) is 3.12. The molecular weight excluding hydrogens is 248 g/mol. The van der Waals surface area contributed by atoms with Gasteiger partial charge in [0.05, 0.1) is 13.2 Å². The third-order valence-electron chi connectivity index (χ3n) is 3.12. The van der Waals surface area contributed by atoms with Crippen LogP contribution in [0.2, 0.25) is 0 Å². The van der Waals surface area contributed by atoms with Gasteiger partial charge >= 0.3 is 0 Å². The molecule has 0 N–H and O–H groups in total. The summed E-state index contributed by atoms with van der Waals surface area (Å²) < 4.78 is 11.8.